The largest absolute Gasteiger partial charge is 0.294 e. The number of ketones is 1. The highest BCUT2D eigenvalue weighted by Crippen LogP contribution is 2.59. The summed E-state index contributed by atoms with van der Waals surface area (Å²) >= 11 is 0. The standard InChI is InChI=1S/C21H22O/c1-13(2)15-10-11-21(3)12-18(22)19-16-7-5-4-6-14(16)8-9-17(19)20(15)21/h4-9,20H,10-12H2,1-3H3/t20-,21+/m1/s1. The molecule has 2 aromatic carbocycles. The second kappa shape index (κ2) is 4.55. The second-order valence-electron chi connectivity index (χ2n) is 7.46. The van der Waals surface area contributed by atoms with Crippen LogP contribution in [0.2, 0.25) is 0 Å². The van der Waals surface area contributed by atoms with Gasteiger partial charge in [-0.1, -0.05) is 54.5 Å². The minimum Gasteiger partial charge on any atom is -0.294 e. The predicted molar refractivity (Wildman–Crippen MR) is 91.4 cm³/mol. The first kappa shape index (κ1) is 13.8. The molecule has 2 aromatic rings. The van der Waals surface area contributed by atoms with Gasteiger partial charge >= 0.3 is 0 Å². The monoisotopic (exact) mass is 290 g/mol. The predicted octanol–water partition coefficient (Wildman–Crippen LogP) is 5.65. The van der Waals surface area contributed by atoms with E-state index in [1.165, 1.54) is 16.5 Å². The van der Waals surface area contributed by atoms with Crippen LogP contribution in [0, 0.1) is 5.41 Å². The van der Waals surface area contributed by atoms with Gasteiger partial charge in [-0.3, -0.25) is 4.79 Å². The molecule has 0 spiro atoms. The Hall–Kier alpha value is -1.89. The Bertz CT molecular complexity index is 823. The molecule has 1 fully saturated rings. The Kier molecular flexibility index (Phi) is 2.84. The van der Waals surface area contributed by atoms with Crippen molar-refractivity contribution in [2.24, 2.45) is 5.41 Å². The molecule has 0 radical (unpaired) electrons. The first-order valence-corrected chi connectivity index (χ1v) is 8.22. The summed E-state index contributed by atoms with van der Waals surface area (Å²) in [5, 5.41) is 2.31. The molecule has 112 valence electrons. The van der Waals surface area contributed by atoms with Crippen molar-refractivity contribution in [1.82, 2.24) is 0 Å². The van der Waals surface area contributed by atoms with E-state index in [1.807, 2.05) is 12.1 Å². The van der Waals surface area contributed by atoms with Crippen LogP contribution in [0.5, 0.6) is 0 Å². The van der Waals surface area contributed by atoms with Crippen molar-refractivity contribution in [2.45, 2.75) is 46.0 Å². The van der Waals surface area contributed by atoms with Crippen LogP contribution < -0.4 is 0 Å². The molecule has 0 amide bonds. The van der Waals surface area contributed by atoms with Crippen molar-refractivity contribution in [1.29, 1.82) is 0 Å². The van der Waals surface area contributed by atoms with Crippen molar-refractivity contribution in [3.05, 3.63) is 58.7 Å². The molecule has 0 aliphatic heterocycles. The molecule has 4 rings (SSSR count). The first-order chi connectivity index (χ1) is 10.5. The lowest BCUT2D eigenvalue weighted by atomic mass is 9.64. The summed E-state index contributed by atoms with van der Waals surface area (Å²) in [4.78, 5) is 12.9. The lowest BCUT2D eigenvalue weighted by Gasteiger charge is -2.38. The summed E-state index contributed by atoms with van der Waals surface area (Å²) in [6.07, 6.45) is 2.97. The Morgan fingerprint density at radius 1 is 1.14 bits per heavy atom. The number of fused-ring (bicyclic) bond motifs is 5. The van der Waals surface area contributed by atoms with Crippen LogP contribution in [0.1, 0.15) is 61.9 Å². The summed E-state index contributed by atoms with van der Waals surface area (Å²) in [6, 6.07) is 12.7. The number of hydrogen-bond acceptors (Lipinski definition) is 1. The summed E-state index contributed by atoms with van der Waals surface area (Å²) in [7, 11) is 0. The highest BCUT2D eigenvalue weighted by Gasteiger charge is 2.48. The van der Waals surface area contributed by atoms with E-state index in [4.69, 9.17) is 0 Å². The van der Waals surface area contributed by atoms with Gasteiger partial charge in [-0.05, 0) is 48.4 Å². The number of benzene rings is 2. The fourth-order valence-corrected chi connectivity index (χ4v) is 4.72. The van der Waals surface area contributed by atoms with E-state index in [0.717, 1.165) is 23.8 Å². The molecular weight excluding hydrogens is 268 g/mol. The van der Waals surface area contributed by atoms with Gasteiger partial charge < -0.3 is 0 Å². The zero-order valence-corrected chi connectivity index (χ0v) is 13.6. The molecule has 0 saturated heterocycles. The number of rotatable bonds is 0. The molecule has 0 N–H and O–H groups in total. The first-order valence-electron chi connectivity index (χ1n) is 8.22. The molecule has 1 heteroatoms. The topological polar surface area (TPSA) is 17.1 Å². The summed E-state index contributed by atoms with van der Waals surface area (Å²) in [5.41, 5.74) is 5.36. The maximum atomic E-state index is 12.9. The van der Waals surface area contributed by atoms with Crippen LogP contribution in [-0.4, -0.2) is 5.78 Å². The van der Waals surface area contributed by atoms with Crippen molar-refractivity contribution in [3.63, 3.8) is 0 Å². The molecule has 2 aliphatic rings. The summed E-state index contributed by atoms with van der Waals surface area (Å²) in [6.45, 7) is 6.75. The van der Waals surface area contributed by atoms with Gasteiger partial charge in [0.2, 0.25) is 0 Å². The normalized spacial score (nSPS) is 27.0. The molecule has 0 heterocycles. The van der Waals surface area contributed by atoms with E-state index >= 15 is 0 Å². The van der Waals surface area contributed by atoms with E-state index in [-0.39, 0.29) is 5.41 Å². The zero-order chi connectivity index (χ0) is 15.5. The molecule has 0 bridgehead atoms. The van der Waals surface area contributed by atoms with E-state index < -0.39 is 0 Å². The van der Waals surface area contributed by atoms with E-state index in [1.54, 1.807) is 5.57 Å². The molecule has 1 saturated carbocycles. The fourth-order valence-electron chi connectivity index (χ4n) is 4.72. The SMILES string of the molecule is CC(C)=C1CC[C@@]2(C)CC(=O)c3c(ccc4ccccc34)[C@@H]12. The minimum absolute atomic E-state index is 0.110. The van der Waals surface area contributed by atoms with E-state index in [9.17, 15) is 4.79 Å². The quantitative estimate of drug-likeness (QED) is 0.573. The zero-order valence-electron chi connectivity index (χ0n) is 13.6. The Morgan fingerprint density at radius 2 is 1.91 bits per heavy atom. The van der Waals surface area contributed by atoms with Gasteiger partial charge in [-0.25, -0.2) is 0 Å². The van der Waals surface area contributed by atoms with Crippen LogP contribution in [0.4, 0.5) is 0 Å². The van der Waals surface area contributed by atoms with E-state index in [2.05, 4.69) is 45.0 Å². The molecule has 1 nitrogen and oxygen atoms in total. The van der Waals surface area contributed by atoms with Gasteiger partial charge in [-0.15, -0.1) is 0 Å². The Labute approximate surface area is 132 Å². The smallest absolute Gasteiger partial charge is 0.164 e. The number of hydrogen-bond donors (Lipinski definition) is 0. The van der Waals surface area contributed by atoms with Crippen molar-refractivity contribution in [3.8, 4) is 0 Å². The van der Waals surface area contributed by atoms with Crippen molar-refractivity contribution in [2.75, 3.05) is 0 Å². The summed E-state index contributed by atoms with van der Waals surface area (Å²) < 4.78 is 0. The van der Waals surface area contributed by atoms with Gasteiger partial charge in [-0.2, -0.15) is 0 Å². The average molecular weight is 290 g/mol. The molecule has 0 aromatic heterocycles. The number of allylic oxidation sites excluding steroid dienone is 2. The van der Waals surface area contributed by atoms with Gasteiger partial charge in [0, 0.05) is 17.9 Å². The molecule has 22 heavy (non-hydrogen) atoms. The van der Waals surface area contributed by atoms with Crippen molar-refractivity contribution >= 4 is 16.6 Å². The molecular formula is C21H22O. The molecule has 2 aliphatic carbocycles. The number of Topliss-reactive ketones (excluding diaryl/α,β-unsaturated/α-hetero) is 1. The van der Waals surface area contributed by atoms with Crippen LogP contribution in [0.3, 0.4) is 0 Å². The third-order valence-electron chi connectivity index (χ3n) is 5.77. The van der Waals surface area contributed by atoms with Gasteiger partial charge in [0.25, 0.3) is 0 Å². The lowest BCUT2D eigenvalue weighted by molar-refractivity contribution is 0.0894. The number of carbonyl (C=O) groups excluding carboxylic acids is 1. The fraction of sp³-hybridized carbons (Fsp3) is 0.381. The highest BCUT2D eigenvalue weighted by molar-refractivity contribution is 6.11. The number of carbonyl (C=O) groups is 1. The molecule has 0 unspecified atom stereocenters. The van der Waals surface area contributed by atoms with E-state index in [0.29, 0.717) is 18.1 Å². The third kappa shape index (κ3) is 1.75. The maximum Gasteiger partial charge on any atom is 0.164 e. The van der Waals surface area contributed by atoms with Crippen LogP contribution in [0.25, 0.3) is 10.8 Å². The van der Waals surface area contributed by atoms with Crippen LogP contribution >= 0.6 is 0 Å². The average Bonchev–Trinajstić information content (AvgIpc) is 2.84. The Balaban J connectivity index is 2.05. The van der Waals surface area contributed by atoms with Gasteiger partial charge in [0.1, 0.15) is 0 Å². The lowest BCUT2D eigenvalue weighted by Crippen LogP contribution is -2.31. The van der Waals surface area contributed by atoms with Gasteiger partial charge in [0.15, 0.2) is 5.78 Å². The highest BCUT2D eigenvalue weighted by atomic mass is 16.1. The summed E-state index contributed by atoms with van der Waals surface area (Å²) in [5.74, 6) is 0.760. The van der Waals surface area contributed by atoms with Crippen LogP contribution in [0.15, 0.2) is 47.5 Å². The van der Waals surface area contributed by atoms with Crippen LogP contribution in [-0.2, 0) is 0 Å². The Morgan fingerprint density at radius 3 is 2.68 bits per heavy atom. The second-order valence-corrected chi connectivity index (χ2v) is 7.46. The maximum absolute atomic E-state index is 12.9. The van der Waals surface area contributed by atoms with Gasteiger partial charge in [0.05, 0.1) is 0 Å². The minimum atomic E-state index is 0.110. The van der Waals surface area contributed by atoms with Crippen molar-refractivity contribution < 1.29 is 4.79 Å². The third-order valence-corrected chi connectivity index (χ3v) is 5.77. The molecule has 2 atom stereocenters.